The molecule has 0 bridgehead atoms. The zero-order valence-electron chi connectivity index (χ0n) is 13.1. The van der Waals surface area contributed by atoms with E-state index >= 15 is 0 Å². The van der Waals surface area contributed by atoms with Gasteiger partial charge >= 0.3 is 0 Å². The molecule has 0 aliphatic rings. The lowest BCUT2D eigenvalue weighted by atomic mass is 10.1. The summed E-state index contributed by atoms with van der Waals surface area (Å²) < 4.78 is 1.71. The Balaban J connectivity index is 1.75. The molecule has 0 aliphatic carbocycles. The predicted octanol–water partition coefficient (Wildman–Crippen LogP) is 3.00. The predicted molar refractivity (Wildman–Crippen MR) is 94.0 cm³/mol. The Labute approximate surface area is 144 Å². The molecule has 0 aliphatic heterocycles. The molecule has 118 valence electrons. The van der Waals surface area contributed by atoms with E-state index in [-0.39, 0.29) is 0 Å². The summed E-state index contributed by atoms with van der Waals surface area (Å²) in [6, 6.07) is 14.8. The summed E-state index contributed by atoms with van der Waals surface area (Å²) in [5.74, 6) is 6.14. The highest BCUT2D eigenvalue weighted by Crippen LogP contribution is 2.18. The minimum Gasteiger partial charge on any atom is -0.298 e. The molecule has 0 saturated carbocycles. The number of fused-ring (bicyclic) bond motifs is 1. The van der Waals surface area contributed by atoms with Crippen molar-refractivity contribution in [2.24, 2.45) is 0 Å². The molecule has 4 aromatic rings. The lowest BCUT2D eigenvalue weighted by Gasteiger charge is -2.02. The standard InChI is InChI=1S/C20H12N4O/c25-14-16-3-6-17(7-4-16)19-9-10-20-22-13-18(24(20)23-19)8-5-15-2-1-11-21-12-15/h1-4,6-7,9-14H. The number of imidazole rings is 1. The van der Waals surface area contributed by atoms with Crippen molar-refractivity contribution >= 4 is 11.9 Å². The molecule has 0 saturated heterocycles. The summed E-state index contributed by atoms with van der Waals surface area (Å²) in [6.45, 7) is 0. The number of carbonyl (C=O) groups is 1. The van der Waals surface area contributed by atoms with Gasteiger partial charge < -0.3 is 0 Å². The van der Waals surface area contributed by atoms with Crippen molar-refractivity contribution in [3.05, 3.63) is 83.9 Å². The zero-order chi connectivity index (χ0) is 17.1. The fraction of sp³-hybridized carbons (Fsp3) is 0. The van der Waals surface area contributed by atoms with Gasteiger partial charge in [0.05, 0.1) is 11.9 Å². The van der Waals surface area contributed by atoms with Gasteiger partial charge in [0.15, 0.2) is 5.65 Å². The Morgan fingerprint density at radius 2 is 1.84 bits per heavy atom. The van der Waals surface area contributed by atoms with Crippen LogP contribution in [0, 0.1) is 11.8 Å². The average molecular weight is 324 g/mol. The number of carbonyl (C=O) groups excluding carboxylic acids is 1. The van der Waals surface area contributed by atoms with Crippen molar-refractivity contribution in [2.45, 2.75) is 0 Å². The molecule has 3 aromatic heterocycles. The molecule has 0 radical (unpaired) electrons. The van der Waals surface area contributed by atoms with Crippen LogP contribution in [0.1, 0.15) is 21.6 Å². The molecule has 5 heteroatoms. The first-order chi connectivity index (χ1) is 12.3. The van der Waals surface area contributed by atoms with Crippen LogP contribution in [0.15, 0.2) is 67.1 Å². The summed E-state index contributed by atoms with van der Waals surface area (Å²) in [5.41, 5.74) is 4.60. The number of aromatic nitrogens is 4. The quantitative estimate of drug-likeness (QED) is 0.420. The molecule has 0 amide bonds. The molecule has 0 atom stereocenters. The molecular weight excluding hydrogens is 312 g/mol. The van der Waals surface area contributed by atoms with Crippen LogP contribution >= 0.6 is 0 Å². The Kier molecular flexibility index (Phi) is 3.77. The smallest absolute Gasteiger partial charge is 0.154 e. The zero-order valence-corrected chi connectivity index (χ0v) is 13.1. The van der Waals surface area contributed by atoms with Crippen LogP contribution < -0.4 is 0 Å². The van der Waals surface area contributed by atoms with E-state index in [1.807, 2.05) is 36.4 Å². The normalized spacial score (nSPS) is 10.2. The van der Waals surface area contributed by atoms with E-state index in [0.717, 1.165) is 28.8 Å². The van der Waals surface area contributed by atoms with Gasteiger partial charge in [-0.25, -0.2) is 9.50 Å². The molecule has 0 N–H and O–H groups in total. The fourth-order valence-corrected chi connectivity index (χ4v) is 2.42. The van der Waals surface area contributed by atoms with Gasteiger partial charge in [0, 0.05) is 29.1 Å². The SMILES string of the molecule is O=Cc1ccc(-c2ccc3ncc(C#Cc4cccnc4)n3n2)cc1. The highest BCUT2D eigenvalue weighted by Gasteiger charge is 2.06. The second kappa shape index (κ2) is 6.38. The summed E-state index contributed by atoms with van der Waals surface area (Å²) in [6.07, 6.45) is 5.94. The number of aldehydes is 1. The topological polar surface area (TPSA) is 60.2 Å². The van der Waals surface area contributed by atoms with Gasteiger partial charge in [-0.2, -0.15) is 5.10 Å². The number of nitrogens with zero attached hydrogens (tertiary/aromatic N) is 4. The first-order valence-electron chi connectivity index (χ1n) is 7.66. The summed E-state index contributed by atoms with van der Waals surface area (Å²) >= 11 is 0. The Bertz CT molecular complexity index is 1100. The molecular formula is C20H12N4O. The third-order valence-electron chi connectivity index (χ3n) is 3.70. The van der Waals surface area contributed by atoms with Crippen LogP contribution in [0.2, 0.25) is 0 Å². The largest absolute Gasteiger partial charge is 0.298 e. The number of benzene rings is 1. The van der Waals surface area contributed by atoms with Crippen molar-refractivity contribution in [1.29, 1.82) is 0 Å². The van der Waals surface area contributed by atoms with Crippen molar-refractivity contribution in [3.8, 4) is 23.1 Å². The molecule has 25 heavy (non-hydrogen) atoms. The maximum Gasteiger partial charge on any atom is 0.154 e. The van der Waals surface area contributed by atoms with E-state index in [4.69, 9.17) is 0 Å². The Hall–Kier alpha value is -3.78. The maximum atomic E-state index is 10.8. The number of rotatable bonds is 2. The molecule has 1 aromatic carbocycles. The second-order valence-electron chi connectivity index (χ2n) is 5.36. The fourth-order valence-electron chi connectivity index (χ4n) is 2.42. The van der Waals surface area contributed by atoms with Crippen LogP contribution in [-0.2, 0) is 0 Å². The molecule has 0 unspecified atom stereocenters. The van der Waals surface area contributed by atoms with Crippen LogP contribution in [0.4, 0.5) is 0 Å². The molecule has 5 nitrogen and oxygen atoms in total. The molecule has 0 spiro atoms. The lowest BCUT2D eigenvalue weighted by molar-refractivity contribution is 0.112. The van der Waals surface area contributed by atoms with E-state index in [0.29, 0.717) is 11.3 Å². The summed E-state index contributed by atoms with van der Waals surface area (Å²) in [5, 5.41) is 4.62. The van der Waals surface area contributed by atoms with Crippen molar-refractivity contribution in [3.63, 3.8) is 0 Å². The van der Waals surface area contributed by atoms with Crippen LogP contribution in [-0.4, -0.2) is 25.9 Å². The molecule has 4 rings (SSSR count). The van der Waals surface area contributed by atoms with Crippen molar-refractivity contribution in [1.82, 2.24) is 19.6 Å². The lowest BCUT2D eigenvalue weighted by Crippen LogP contribution is -1.97. The minimum atomic E-state index is 0.635. The van der Waals surface area contributed by atoms with Crippen LogP contribution in [0.5, 0.6) is 0 Å². The Morgan fingerprint density at radius 3 is 2.60 bits per heavy atom. The number of hydrogen-bond donors (Lipinski definition) is 0. The van der Waals surface area contributed by atoms with Gasteiger partial charge in [-0.15, -0.1) is 0 Å². The van der Waals surface area contributed by atoms with E-state index in [2.05, 4.69) is 26.9 Å². The van der Waals surface area contributed by atoms with Crippen molar-refractivity contribution in [2.75, 3.05) is 0 Å². The van der Waals surface area contributed by atoms with E-state index in [9.17, 15) is 4.79 Å². The van der Waals surface area contributed by atoms with E-state index in [1.165, 1.54) is 0 Å². The van der Waals surface area contributed by atoms with Gasteiger partial charge in [-0.1, -0.05) is 30.2 Å². The Morgan fingerprint density at radius 1 is 0.960 bits per heavy atom. The first kappa shape index (κ1) is 14.8. The van der Waals surface area contributed by atoms with Crippen LogP contribution in [0.25, 0.3) is 16.9 Å². The minimum absolute atomic E-state index is 0.635. The maximum absolute atomic E-state index is 10.8. The van der Waals surface area contributed by atoms with Gasteiger partial charge in [0.2, 0.25) is 0 Å². The highest BCUT2D eigenvalue weighted by molar-refractivity contribution is 5.76. The third kappa shape index (κ3) is 3.01. The second-order valence-corrected chi connectivity index (χ2v) is 5.36. The first-order valence-corrected chi connectivity index (χ1v) is 7.66. The van der Waals surface area contributed by atoms with E-state index < -0.39 is 0 Å². The van der Waals surface area contributed by atoms with E-state index in [1.54, 1.807) is 35.2 Å². The number of pyridine rings is 1. The average Bonchev–Trinajstić information content (AvgIpc) is 3.09. The van der Waals surface area contributed by atoms with Crippen molar-refractivity contribution < 1.29 is 4.79 Å². The summed E-state index contributed by atoms with van der Waals surface area (Å²) in [4.78, 5) is 19.2. The number of hydrogen-bond acceptors (Lipinski definition) is 4. The third-order valence-corrected chi connectivity index (χ3v) is 3.70. The highest BCUT2D eigenvalue weighted by atomic mass is 16.1. The van der Waals surface area contributed by atoms with Gasteiger partial charge in [-0.05, 0) is 30.2 Å². The van der Waals surface area contributed by atoms with Gasteiger partial charge in [-0.3, -0.25) is 9.78 Å². The molecule has 0 fully saturated rings. The summed E-state index contributed by atoms with van der Waals surface area (Å²) in [7, 11) is 0. The van der Waals surface area contributed by atoms with Gasteiger partial charge in [0.25, 0.3) is 0 Å². The monoisotopic (exact) mass is 324 g/mol. The van der Waals surface area contributed by atoms with Gasteiger partial charge in [0.1, 0.15) is 12.0 Å². The molecule has 3 heterocycles. The van der Waals surface area contributed by atoms with Crippen LogP contribution in [0.3, 0.4) is 0 Å².